The molecule has 1 fully saturated rings. The molecule has 1 aliphatic heterocycles. The van der Waals surface area contributed by atoms with Crippen molar-refractivity contribution in [3.8, 4) is 0 Å². The van der Waals surface area contributed by atoms with Crippen LogP contribution in [0.3, 0.4) is 0 Å². The summed E-state index contributed by atoms with van der Waals surface area (Å²) in [6.45, 7) is 1.36. The minimum absolute atomic E-state index is 0.0295. The van der Waals surface area contributed by atoms with E-state index in [1.165, 1.54) is 4.57 Å². The third-order valence-corrected chi connectivity index (χ3v) is 5.43. The summed E-state index contributed by atoms with van der Waals surface area (Å²) in [6, 6.07) is 16.1. The Balaban J connectivity index is 1.38. The molecule has 0 radical (unpaired) electrons. The van der Waals surface area contributed by atoms with Gasteiger partial charge in [0.25, 0.3) is 0 Å². The van der Waals surface area contributed by atoms with Crippen molar-refractivity contribution in [2.45, 2.75) is 32.2 Å². The fourth-order valence-corrected chi connectivity index (χ4v) is 3.84. The number of nitrogens with zero attached hydrogens (tertiary/aromatic N) is 3. The number of hydrogen-bond donors (Lipinski definition) is 0. The Labute approximate surface area is 172 Å². The third kappa shape index (κ3) is 4.42. The second kappa shape index (κ2) is 8.38. The van der Waals surface area contributed by atoms with Crippen LogP contribution in [0.4, 0.5) is 18.0 Å². The molecule has 0 N–H and O–H groups in total. The van der Waals surface area contributed by atoms with E-state index in [1.807, 2.05) is 30.3 Å². The number of fused-ring (bicyclic) bond motifs is 1. The Bertz CT molecular complexity index is 1010. The number of amides is 1. The first-order valence-electron chi connectivity index (χ1n) is 9.90. The highest BCUT2D eigenvalue weighted by Crippen LogP contribution is 2.33. The predicted octanol–water partition coefficient (Wildman–Crippen LogP) is 5.10. The van der Waals surface area contributed by atoms with Crippen LogP contribution in [0.2, 0.25) is 0 Å². The molecule has 0 saturated carbocycles. The van der Waals surface area contributed by atoms with Crippen molar-refractivity contribution in [1.29, 1.82) is 0 Å². The number of carbonyl (C=O) groups excluding carboxylic acids is 1. The van der Waals surface area contributed by atoms with E-state index >= 15 is 0 Å². The summed E-state index contributed by atoms with van der Waals surface area (Å²) < 4.78 is 47.1. The van der Waals surface area contributed by atoms with E-state index in [0.29, 0.717) is 37.0 Å². The zero-order chi connectivity index (χ0) is 21.1. The Morgan fingerprint density at radius 2 is 1.70 bits per heavy atom. The number of likely N-dealkylation sites (tertiary alicyclic amines) is 1. The van der Waals surface area contributed by atoms with E-state index < -0.39 is 12.0 Å². The van der Waals surface area contributed by atoms with E-state index in [-0.39, 0.29) is 25.2 Å². The van der Waals surface area contributed by atoms with Gasteiger partial charge in [0.1, 0.15) is 6.61 Å². The number of imidazole rings is 1. The van der Waals surface area contributed by atoms with Crippen LogP contribution in [0.15, 0.2) is 54.6 Å². The average molecular weight is 417 g/mol. The van der Waals surface area contributed by atoms with E-state index in [1.54, 1.807) is 29.2 Å². The zero-order valence-electron chi connectivity index (χ0n) is 16.3. The molecule has 2 heterocycles. The quantitative estimate of drug-likeness (QED) is 0.593. The molecule has 2 aromatic carbocycles. The normalized spacial score (nSPS) is 15.5. The molecule has 0 atom stereocenters. The predicted molar refractivity (Wildman–Crippen MR) is 106 cm³/mol. The number of rotatable bonds is 4. The van der Waals surface area contributed by atoms with Crippen molar-refractivity contribution in [2.24, 2.45) is 5.92 Å². The van der Waals surface area contributed by atoms with Crippen LogP contribution in [-0.4, -0.2) is 33.6 Å². The monoisotopic (exact) mass is 417 g/mol. The number of aromatic nitrogens is 2. The first kappa shape index (κ1) is 20.3. The second-order valence-corrected chi connectivity index (χ2v) is 7.50. The first-order valence-corrected chi connectivity index (χ1v) is 9.90. The van der Waals surface area contributed by atoms with E-state index in [4.69, 9.17) is 4.74 Å². The van der Waals surface area contributed by atoms with Gasteiger partial charge >= 0.3 is 12.3 Å². The number of piperidine rings is 1. The number of hydrogen-bond acceptors (Lipinski definition) is 3. The summed E-state index contributed by atoms with van der Waals surface area (Å²) in [7, 11) is 0. The molecule has 1 amide bonds. The lowest BCUT2D eigenvalue weighted by Crippen LogP contribution is -2.39. The molecule has 0 aliphatic carbocycles. The molecule has 8 heteroatoms. The van der Waals surface area contributed by atoms with Gasteiger partial charge in [0.05, 0.1) is 11.0 Å². The highest BCUT2D eigenvalue weighted by atomic mass is 19.4. The molecule has 3 aromatic rings. The van der Waals surface area contributed by atoms with Gasteiger partial charge in [-0.2, -0.15) is 13.2 Å². The maximum absolute atomic E-state index is 13.5. The van der Waals surface area contributed by atoms with Gasteiger partial charge in [0.2, 0.25) is 5.82 Å². The van der Waals surface area contributed by atoms with Gasteiger partial charge in [-0.15, -0.1) is 0 Å². The minimum atomic E-state index is -4.51. The van der Waals surface area contributed by atoms with Crippen LogP contribution in [0.25, 0.3) is 11.0 Å². The lowest BCUT2D eigenvalue weighted by Gasteiger charge is -2.32. The van der Waals surface area contributed by atoms with Crippen molar-refractivity contribution in [1.82, 2.24) is 14.5 Å². The molecule has 1 aromatic heterocycles. The van der Waals surface area contributed by atoms with Crippen LogP contribution in [-0.2, 0) is 24.1 Å². The van der Waals surface area contributed by atoms with Crippen molar-refractivity contribution >= 4 is 17.1 Å². The highest BCUT2D eigenvalue weighted by molar-refractivity contribution is 5.76. The van der Waals surface area contributed by atoms with Crippen LogP contribution in [0.5, 0.6) is 0 Å². The highest BCUT2D eigenvalue weighted by Gasteiger charge is 2.38. The van der Waals surface area contributed by atoms with Gasteiger partial charge < -0.3 is 14.2 Å². The molecule has 4 rings (SSSR count). The molecule has 0 spiro atoms. The summed E-state index contributed by atoms with van der Waals surface area (Å²) in [6.07, 6.45) is -3.67. The molecule has 1 saturated heterocycles. The number of halogens is 3. The van der Waals surface area contributed by atoms with Crippen molar-refractivity contribution in [2.75, 3.05) is 13.1 Å². The topological polar surface area (TPSA) is 47.4 Å². The van der Waals surface area contributed by atoms with Gasteiger partial charge in [0.15, 0.2) is 0 Å². The van der Waals surface area contributed by atoms with Gasteiger partial charge in [-0.3, -0.25) is 0 Å². The molecule has 1 aliphatic rings. The van der Waals surface area contributed by atoms with Crippen molar-refractivity contribution in [3.05, 3.63) is 66.0 Å². The van der Waals surface area contributed by atoms with E-state index in [0.717, 1.165) is 5.56 Å². The maximum atomic E-state index is 13.5. The Kier molecular flexibility index (Phi) is 5.65. The summed E-state index contributed by atoms with van der Waals surface area (Å²) >= 11 is 0. The number of alkyl halides is 3. The van der Waals surface area contributed by atoms with Crippen LogP contribution >= 0.6 is 0 Å². The third-order valence-electron chi connectivity index (χ3n) is 5.43. The van der Waals surface area contributed by atoms with E-state index in [9.17, 15) is 18.0 Å². The molecular weight excluding hydrogens is 395 g/mol. The van der Waals surface area contributed by atoms with Crippen LogP contribution in [0, 0.1) is 5.92 Å². The van der Waals surface area contributed by atoms with Crippen molar-refractivity contribution < 1.29 is 22.7 Å². The molecular formula is C22H22F3N3O2. The van der Waals surface area contributed by atoms with Gasteiger partial charge in [-0.25, -0.2) is 9.78 Å². The van der Waals surface area contributed by atoms with Gasteiger partial charge in [0, 0.05) is 19.6 Å². The number of para-hydroxylation sites is 2. The lowest BCUT2D eigenvalue weighted by molar-refractivity contribution is -0.147. The molecule has 158 valence electrons. The molecule has 0 bridgehead atoms. The fraction of sp³-hybridized carbons (Fsp3) is 0.364. The maximum Gasteiger partial charge on any atom is 0.449 e. The standard InChI is InChI=1S/C22H22F3N3O2/c23-22(24,25)20-26-18-8-4-5-9-19(18)28(20)14-16-10-12-27(13-11-16)21(29)30-15-17-6-2-1-3-7-17/h1-9,16H,10-15H2. The molecule has 30 heavy (non-hydrogen) atoms. The average Bonchev–Trinajstić information content (AvgIpc) is 3.12. The SMILES string of the molecule is O=C(OCc1ccccc1)N1CCC(Cn2c(C(F)(F)F)nc3ccccc32)CC1. The lowest BCUT2D eigenvalue weighted by atomic mass is 9.97. The van der Waals surface area contributed by atoms with Crippen LogP contribution in [0.1, 0.15) is 24.2 Å². The number of ether oxygens (including phenoxy) is 1. The van der Waals surface area contributed by atoms with E-state index in [2.05, 4.69) is 4.98 Å². The Morgan fingerprint density at radius 1 is 1.03 bits per heavy atom. The summed E-state index contributed by atoms with van der Waals surface area (Å²) in [4.78, 5) is 17.7. The Hall–Kier alpha value is -3.03. The zero-order valence-corrected chi connectivity index (χ0v) is 16.3. The van der Waals surface area contributed by atoms with Gasteiger partial charge in [-0.05, 0) is 36.5 Å². The van der Waals surface area contributed by atoms with Crippen LogP contribution < -0.4 is 0 Å². The fourth-order valence-electron chi connectivity index (χ4n) is 3.84. The number of carbonyl (C=O) groups is 1. The minimum Gasteiger partial charge on any atom is -0.445 e. The summed E-state index contributed by atoms with van der Waals surface area (Å²) in [5, 5.41) is 0. The smallest absolute Gasteiger partial charge is 0.445 e. The molecule has 0 unspecified atom stereocenters. The summed E-state index contributed by atoms with van der Waals surface area (Å²) in [5.41, 5.74) is 1.73. The number of benzene rings is 2. The van der Waals surface area contributed by atoms with Crippen molar-refractivity contribution in [3.63, 3.8) is 0 Å². The molecule has 5 nitrogen and oxygen atoms in total. The Morgan fingerprint density at radius 3 is 2.40 bits per heavy atom. The van der Waals surface area contributed by atoms with Gasteiger partial charge in [-0.1, -0.05) is 42.5 Å². The first-order chi connectivity index (χ1) is 14.4. The largest absolute Gasteiger partial charge is 0.449 e. The summed E-state index contributed by atoms with van der Waals surface area (Å²) in [5.74, 6) is -0.838. The second-order valence-electron chi connectivity index (χ2n) is 7.50.